The molecule has 2 aromatic rings. The Labute approximate surface area is 121 Å². The van der Waals surface area contributed by atoms with Crippen molar-refractivity contribution in [1.29, 1.82) is 0 Å². The molecule has 0 aliphatic heterocycles. The fraction of sp³-hybridized carbons (Fsp3) is 0.0714. The third-order valence-corrected chi connectivity index (χ3v) is 3.34. The molecule has 0 aliphatic rings. The van der Waals surface area contributed by atoms with Gasteiger partial charge in [-0.05, 0) is 52.7 Å². The van der Waals surface area contributed by atoms with Crippen LogP contribution in [0.1, 0.15) is 15.9 Å². The number of benzene rings is 2. The maximum absolute atomic E-state index is 13.5. The summed E-state index contributed by atoms with van der Waals surface area (Å²) in [5.41, 5.74) is 0.741. The van der Waals surface area contributed by atoms with E-state index in [4.69, 9.17) is 0 Å². The summed E-state index contributed by atoms with van der Waals surface area (Å²) in [4.78, 5) is 11.9. The van der Waals surface area contributed by atoms with E-state index in [9.17, 15) is 18.0 Å². The smallest absolute Gasteiger partial charge is 0.258 e. The molecule has 6 heteroatoms. The van der Waals surface area contributed by atoms with Gasteiger partial charge < -0.3 is 5.32 Å². The second-order valence-electron chi connectivity index (χ2n) is 4.16. The van der Waals surface area contributed by atoms with E-state index in [1.54, 1.807) is 12.1 Å². The van der Waals surface area contributed by atoms with Crippen LogP contribution in [0.3, 0.4) is 0 Å². The number of nitrogens with one attached hydrogen (secondary N) is 1. The van der Waals surface area contributed by atoms with Gasteiger partial charge in [0, 0.05) is 4.47 Å². The van der Waals surface area contributed by atoms with E-state index in [0.29, 0.717) is 16.2 Å². The molecule has 0 unspecified atom stereocenters. The summed E-state index contributed by atoms with van der Waals surface area (Å²) in [7, 11) is 0. The van der Waals surface area contributed by atoms with Crippen LogP contribution < -0.4 is 5.32 Å². The van der Waals surface area contributed by atoms with Crippen LogP contribution in [-0.2, 0) is 0 Å². The lowest BCUT2D eigenvalue weighted by atomic mass is 10.1. The summed E-state index contributed by atoms with van der Waals surface area (Å²) in [6, 6.07) is 6.80. The van der Waals surface area contributed by atoms with Gasteiger partial charge in [0.1, 0.15) is 0 Å². The lowest BCUT2D eigenvalue weighted by Gasteiger charge is -2.09. The van der Waals surface area contributed by atoms with Crippen LogP contribution in [0.15, 0.2) is 34.8 Å². The highest BCUT2D eigenvalue weighted by Crippen LogP contribution is 2.24. The molecule has 0 spiro atoms. The van der Waals surface area contributed by atoms with Gasteiger partial charge in [-0.25, -0.2) is 13.2 Å². The van der Waals surface area contributed by atoms with E-state index < -0.39 is 28.9 Å². The molecular formula is C14H9BrF3NO. The van der Waals surface area contributed by atoms with Gasteiger partial charge in [0.15, 0.2) is 17.5 Å². The minimum Gasteiger partial charge on any atom is -0.321 e. The van der Waals surface area contributed by atoms with Crippen LogP contribution in [0.2, 0.25) is 0 Å². The van der Waals surface area contributed by atoms with Gasteiger partial charge in [0.25, 0.3) is 5.91 Å². The van der Waals surface area contributed by atoms with Crippen LogP contribution in [-0.4, -0.2) is 5.91 Å². The van der Waals surface area contributed by atoms with E-state index in [-0.39, 0.29) is 0 Å². The van der Waals surface area contributed by atoms with Gasteiger partial charge in [-0.2, -0.15) is 0 Å². The number of carbonyl (C=O) groups is 1. The number of hydrogen-bond acceptors (Lipinski definition) is 1. The molecule has 0 saturated heterocycles. The van der Waals surface area contributed by atoms with Crippen molar-refractivity contribution in [3.8, 4) is 0 Å². The molecule has 0 saturated carbocycles. The lowest BCUT2D eigenvalue weighted by Crippen LogP contribution is -2.15. The minimum atomic E-state index is -1.67. The number of rotatable bonds is 2. The second-order valence-corrected chi connectivity index (χ2v) is 5.01. The van der Waals surface area contributed by atoms with Crippen LogP contribution in [0.4, 0.5) is 18.9 Å². The molecule has 0 bridgehead atoms. The van der Waals surface area contributed by atoms with E-state index in [1.165, 1.54) is 0 Å². The first-order chi connectivity index (χ1) is 9.40. The quantitative estimate of drug-likeness (QED) is 0.803. The number of amides is 1. The average molecular weight is 344 g/mol. The summed E-state index contributed by atoms with van der Waals surface area (Å²) in [5.74, 6) is -5.37. The molecule has 1 amide bonds. The highest BCUT2D eigenvalue weighted by molar-refractivity contribution is 9.10. The Morgan fingerprint density at radius 2 is 1.80 bits per heavy atom. The van der Waals surface area contributed by atoms with Gasteiger partial charge in [-0.3, -0.25) is 4.79 Å². The van der Waals surface area contributed by atoms with Crippen molar-refractivity contribution in [1.82, 2.24) is 0 Å². The standard InChI is InChI=1S/C14H9BrF3NO/c1-7-2-4-9(15)11(6-7)19-14(20)8-3-5-10(16)13(18)12(8)17/h2-6H,1H3,(H,19,20). The zero-order chi connectivity index (χ0) is 14.9. The summed E-state index contributed by atoms with van der Waals surface area (Å²) in [5, 5.41) is 2.44. The molecule has 0 aromatic heterocycles. The Balaban J connectivity index is 2.33. The Kier molecular flexibility index (Phi) is 4.13. The average Bonchev–Trinajstić information content (AvgIpc) is 2.40. The molecule has 2 rings (SSSR count). The predicted octanol–water partition coefficient (Wildman–Crippen LogP) is 4.43. The van der Waals surface area contributed by atoms with Crippen LogP contribution in [0.5, 0.6) is 0 Å². The molecular weight excluding hydrogens is 335 g/mol. The zero-order valence-corrected chi connectivity index (χ0v) is 11.9. The van der Waals surface area contributed by atoms with Crippen molar-refractivity contribution in [2.45, 2.75) is 6.92 Å². The largest absolute Gasteiger partial charge is 0.321 e. The van der Waals surface area contributed by atoms with E-state index in [1.807, 2.05) is 13.0 Å². The molecule has 0 aliphatic carbocycles. The fourth-order valence-electron chi connectivity index (χ4n) is 1.63. The molecule has 104 valence electrons. The van der Waals surface area contributed by atoms with E-state index >= 15 is 0 Å². The molecule has 0 atom stereocenters. The van der Waals surface area contributed by atoms with Crippen molar-refractivity contribution in [2.24, 2.45) is 0 Å². The Bertz CT molecular complexity index is 688. The summed E-state index contributed by atoms with van der Waals surface area (Å²) in [6.07, 6.45) is 0. The molecule has 0 fully saturated rings. The molecule has 20 heavy (non-hydrogen) atoms. The molecule has 2 aromatic carbocycles. The normalized spacial score (nSPS) is 10.4. The molecule has 0 radical (unpaired) electrons. The summed E-state index contributed by atoms with van der Waals surface area (Å²) < 4.78 is 40.0. The van der Waals surface area contributed by atoms with Crippen molar-refractivity contribution >= 4 is 27.5 Å². The highest BCUT2D eigenvalue weighted by atomic mass is 79.9. The van der Waals surface area contributed by atoms with Gasteiger partial charge in [-0.1, -0.05) is 6.07 Å². The van der Waals surface area contributed by atoms with Crippen molar-refractivity contribution in [3.63, 3.8) is 0 Å². The number of carbonyl (C=O) groups excluding carboxylic acids is 1. The topological polar surface area (TPSA) is 29.1 Å². The van der Waals surface area contributed by atoms with E-state index in [2.05, 4.69) is 21.2 Å². The van der Waals surface area contributed by atoms with E-state index in [0.717, 1.165) is 11.6 Å². The SMILES string of the molecule is Cc1ccc(Br)c(NC(=O)c2ccc(F)c(F)c2F)c1. The van der Waals surface area contributed by atoms with Crippen molar-refractivity contribution in [3.05, 3.63) is 63.4 Å². The minimum absolute atomic E-state index is 0.416. The summed E-state index contributed by atoms with van der Waals surface area (Å²) >= 11 is 3.23. The first kappa shape index (κ1) is 14.6. The van der Waals surface area contributed by atoms with Crippen LogP contribution in [0.25, 0.3) is 0 Å². The number of aryl methyl sites for hydroxylation is 1. The fourth-order valence-corrected chi connectivity index (χ4v) is 1.97. The van der Waals surface area contributed by atoms with Crippen molar-refractivity contribution in [2.75, 3.05) is 5.32 Å². The maximum Gasteiger partial charge on any atom is 0.258 e. The van der Waals surface area contributed by atoms with Gasteiger partial charge >= 0.3 is 0 Å². The third-order valence-electron chi connectivity index (χ3n) is 2.65. The number of hydrogen-bond donors (Lipinski definition) is 1. The second kappa shape index (κ2) is 5.66. The summed E-state index contributed by atoms with van der Waals surface area (Å²) in [6.45, 7) is 1.82. The Morgan fingerprint density at radius 1 is 1.10 bits per heavy atom. The molecule has 2 nitrogen and oxygen atoms in total. The zero-order valence-electron chi connectivity index (χ0n) is 10.3. The molecule has 0 heterocycles. The van der Waals surface area contributed by atoms with Gasteiger partial charge in [-0.15, -0.1) is 0 Å². The highest BCUT2D eigenvalue weighted by Gasteiger charge is 2.19. The first-order valence-electron chi connectivity index (χ1n) is 5.61. The van der Waals surface area contributed by atoms with Gasteiger partial charge in [0.05, 0.1) is 11.3 Å². The predicted molar refractivity (Wildman–Crippen MR) is 73.1 cm³/mol. The van der Waals surface area contributed by atoms with Crippen molar-refractivity contribution < 1.29 is 18.0 Å². The third kappa shape index (κ3) is 2.85. The molecule has 1 N–H and O–H groups in total. The Morgan fingerprint density at radius 3 is 2.50 bits per heavy atom. The van der Waals surface area contributed by atoms with Crippen LogP contribution >= 0.6 is 15.9 Å². The van der Waals surface area contributed by atoms with Gasteiger partial charge in [0.2, 0.25) is 0 Å². The number of anilines is 1. The monoisotopic (exact) mass is 343 g/mol. The lowest BCUT2D eigenvalue weighted by molar-refractivity contribution is 0.102. The maximum atomic E-state index is 13.5. The first-order valence-corrected chi connectivity index (χ1v) is 6.40. The Hall–Kier alpha value is -1.82. The number of halogens is 4. The van der Waals surface area contributed by atoms with Crippen LogP contribution in [0, 0.1) is 24.4 Å².